The molecule has 38 heavy (non-hydrogen) atoms. The van der Waals surface area contributed by atoms with Crippen molar-refractivity contribution in [3.05, 3.63) is 29.8 Å². The average molecular weight is 561 g/mol. The van der Waals surface area contributed by atoms with Crippen molar-refractivity contribution in [2.75, 3.05) is 19.3 Å². The van der Waals surface area contributed by atoms with Gasteiger partial charge in [-0.25, -0.2) is 18.4 Å². The summed E-state index contributed by atoms with van der Waals surface area (Å²) in [6, 6.07) is 3.53. The third-order valence-electron chi connectivity index (χ3n) is 6.05. The molecule has 0 saturated heterocycles. The van der Waals surface area contributed by atoms with Crippen molar-refractivity contribution in [2.24, 2.45) is 29.6 Å². The van der Waals surface area contributed by atoms with Gasteiger partial charge < -0.3 is 28.4 Å². The second-order valence-electron chi connectivity index (χ2n) is 9.46. The van der Waals surface area contributed by atoms with Gasteiger partial charge in [0.2, 0.25) is 13.6 Å². The van der Waals surface area contributed by atoms with Gasteiger partial charge in [0, 0.05) is 10.6 Å². The summed E-state index contributed by atoms with van der Waals surface area (Å²) in [7, 11) is 0. The van der Waals surface area contributed by atoms with Crippen LogP contribution in [0.25, 0.3) is 0 Å². The minimum atomic E-state index is -0.994. The van der Waals surface area contributed by atoms with E-state index in [-0.39, 0.29) is 11.8 Å². The predicted molar refractivity (Wildman–Crippen MR) is 126 cm³/mol. The summed E-state index contributed by atoms with van der Waals surface area (Å²) >= 11 is 1.24. The molecule has 5 atom stereocenters. The summed E-state index contributed by atoms with van der Waals surface area (Å²) in [5.74, 6) is -5.01. The first kappa shape index (κ1) is 29.5. The van der Waals surface area contributed by atoms with Gasteiger partial charge in [0.1, 0.15) is 0 Å². The van der Waals surface area contributed by atoms with E-state index in [2.05, 4.69) is 0 Å². The van der Waals surface area contributed by atoms with E-state index < -0.39 is 79.4 Å². The zero-order valence-corrected chi connectivity index (χ0v) is 22.2. The molecule has 10 nitrogen and oxygen atoms in total. The van der Waals surface area contributed by atoms with Crippen molar-refractivity contribution >= 4 is 36.0 Å². The van der Waals surface area contributed by atoms with E-state index >= 15 is 0 Å². The number of fused-ring (bicyclic) bond motifs is 1. The van der Waals surface area contributed by atoms with Gasteiger partial charge in [-0.05, 0) is 70.1 Å². The summed E-state index contributed by atoms with van der Waals surface area (Å²) in [6.07, 6.45) is -2.30. The van der Waals surface area contributed by atoms with Gasteiger partial charge in [-0.15, -0.1) is 11.8 Å². The molecule has 13 heteroatoms. The molecule has 1 aromatic carbocycles. The molecule has 210 valence electrons. The number of hydrogen-bond acceptors (Lipinski definition) is 11. The first-order valence-corrected chi connectivity index (χ1v) is 13.0. The molecule has 0 heterocycles. The number of benzene rings is 1. The van der Waals surface area contributed by atoms with Crippen LogP contribution < -0.4 is 0 Å². The summed E-state index contributed by atoms with van der Waals surface area (Å²) in [5.41, 5.74) is 0. The largest absolute Gasteiger partial charge is 0.511 e. The van der Waals surface area contributed by atoms with E-state index in [9.17, 15) is 28.0 Å². The summed E-state index contributed by atoms with van der Waals surface area (Å²) in [5, 5.41) is 0. The quantitative estimate of drug-likeness (QED) is 0.162. The van der Waals surface area contributed by atoms with Crippen LogP contribution in [0.5, 0.6) is 0 Å². The van der Waals surface area contributed by atoms with Crippen LogP contribution in [0.4, 0.5) is 18.4 Å². The van der Waals surface area contributed by atoms with E-state index in [1.54, 1.807) is 27.7 Å². The highest BCUT2D eigenvalue weighted by atomic mass is 32.2. The first-order valence-electron chi connectivity index (χ1n) is 12.1. The number of ether oxygens (including phenoxy) is 6. The highest BCUT2D eigenvalue weighted by Gasteiger charge is 2.67. The third kappa shape index (κ3) is 7.95. The van der Waals surface area contributed by atoms with Crippen LogP contribution in [0.1, 0.15) is 34.1 Å². The maximum Gasteiger partial charge on any atom is 0.511 e. The number of thioether (sulfide) groups is 1. The molecule has 0 radical (unpaired) electrons. The summed E-state index contributed by atoms with van der Waals surface area (Å²) in [4.78, 5) is 49.0. The normalized spacial score (nSPS) is 23.4. The maximum atomic E-state index is 13.6. The van der Waals surface area contributed by atoms with Gasteiger partial charge in [0.05, 0.1) is 24.0 Å². The van der Waals surface area contributed by atoms with Crippen LogP contribution in [-0.4, -0.2) is 55.8 Å². The van der Waals surface area contributed by atoms with Crippen LogP contribution in [-0.2, 0) is 38.0 Å². The molecule has 0 N–H and O–H groups in total. The zero-order valence-electron chi connectivity index (χ0n) is 21.3. The molecule has 0 spiro atoms. The second-order valence-corrected chi connectivity index (χ2v) is 10.6. The minimum absolute atomic E-state index is 0.176. The van der Waals surface area contributed by atoms with E-state index in [1.807, 2.05) is 0 Å². The monoisotopic (exact) mass is 560 g/mol. The number of rotatable bonds is 11. The number of halogens is 2. The van der Waals surface area contributed by atoms with Crippen LogP contribution in [0.15, 0.2) is 23.1 Å². The Morgan fingerprint density at radius 2 is 1.39 bits per heavy atom. The van der Waals surface area contributed by atoms with Crippen LogP contribution in [0.3, 0.4) is 0 Å². The lowest BCUT2D eigenvalue weighted by atomic mass is 9.90. The highest BCUT2D eigenvalue weighted by Crippen LogP contribution is 2.64. The van der Waals surface area contributed by atoms with Crippen molar-refractivity contribution in [1.29, 1.82) is 0 Å². The van der Waals surface area contributed by atoms with Crippen molar-refractivity contribution in [3.63, 3.8) is 0 Å². The molecule has 2 aliphatic carbocycles. The van der Waals surface area contributed by atoms with E-state index in [0.717, 1.165) is 12.1 Å². The number of hydrogen-bond donors (Lipinski definition) is 0. The topological polar surface area (TPSA) is 124 Å². The Balaban J connectivity index is 1.58. The lowest BCUT2D eigenvalue weighted by Crippen LogP contribution is -2.30. The Morgan fingerprint density at radius 1 is 0.842 bits per heavy atom. The van der Waals surface area contributed by atoms with Crippen molar-refractivity contribution in [2.45, 2.75) is 51.2 Å². The molecule has 0 aliphatic heterocycles. The van der Waals surface area contributed by atoms with Gasteiger partial charge in [-0.2, -0.15) is 0 Å². The van der Waals surface area contributed by atoms with Crippen molar-refractivity contribution in [1.82, 2.24) is 0 Å². The molecule has 2 saturated carbocycles. The van der Waals surface area contributed by atoms with Crippen molar-refractivity contribution in [3.8, 4) is 0 Å². The maximum absolute atomic E-state index is 13.6. The molecule has 0 aromatic heterocycles. The van der Waals surface area contributed by atoms with E-state index in [1.165, 1.54) is 17.8 Å². The lowest BCUT2D eigenvalue weighted by molar-refractivity contribution is -0.161. The first-order chi connectivity index (χ1) is 18.0. The van der Waals surface area contributed by atoms with Crippen molar-refractivity contribution < 1.29 is 56.4 Å². The smallest absolute Gasteiger partial charge is 0.431 e. The van der Waals surface area contributed by atoms with Gasteiger partial charge in [-0.1, -0.05) is 0 Å². The van der Waals surface area contributed by atoms with Crippen LogP contribution in [0.2, 0.25) is 0 Å². The molecule has 2 aliphatic rings. The molecule has 3 rings (SSSR count). The molecule has 5 unspecified atom stereocenters. The van der Waals surface area contributed by atoms with E-state index in [0.29, 0.717) is 17.1 Å². The minimum Gasteiger partial charge on any atom is -0.431 e. The number of carbonyl (C=O) groups is 4. The second kappa shape index (κ2) is 13.1. The fourth-order valence-corrected chi connectivity index (χ4v) is 5.65. The highest BCUT2D eigenvalue weighted by molar-refractivity contribution is 7.99. The van der Waals surface area contributed by atoms with Gasteiger partial charge in [-0.3, -0.25) is 9.59 Å². The predicted octanol–water partition coefficient (Wildman–Crippen LogP) is 4.68. The van der Waals surface area contributed by atoms with Gasteiger partial charge in [0.15, 0.2) is 11.6 Å². The molecule has 2 fully saturated rings. The number of carbonyl (C=O) groups excluding carboxylic acids is 4. The number of esters is 2. The van der Waals surface area contributed by atoms with Crippen LogP contribution >= 0.6 is 11.8 Å². The standard InChI is InChI=1S/C25H30F2O10S/c1-12(2)36-24(30)34-10-32-22(28)19-14(9-38-15-5-6-17(26)18(27)8-15)7-16-20(19)21(16)23(29)33-11-35-25(31)37-13(3)4/h5-6,8,12-14,16,19-21H,7,9-11H2,1-4H3. The summed E-state index contributed by atoms with van der Waals surface area (Å²) in [6.45, 7) is 5.24. The molecular weight excluding hydrogens is 530 g/mol. The summed E-state index contributed by atoms with van der Waals surface area (Å²) < 4.78 is 56.1. The Hall–Kier alpha value is -3.09. The zero-order chi connectivity index (χ0) is 28.0. The fourth-order valence-electron chi connectivity index (χ4n) is 4.54. The van der Waals surface area contributed by atoms with Crippen LogP contribution in [0, 0.1) is 41.2 Å². The Kier molecular flexibility index (Phi) is 10.2. The van der Waals surface area contributed by atoms with Gasteiger partial charge >= 0.3 is 24.2 Å². The Labute approximate surface area is 222 Å². The molecule has 0 bridgehead atoms. The Bertz CT molecular complexity index is 1030. The van der Waals surface area contributed by atoms with E-state index in [4.69, 9.17) is 28.4 Å². The average Bonchev–Trinajstić information content (AvgIpc) is 3.39. The van der Waals surface area contributed by atoms with Gasteiger partial charge in [0.25, 0.3) is 0 Å². The molecule has 1 aromatic rings. The SMILES string of the molecule is CC(C)OC(=O)OCOC(=O)C1C(CSc2ccc(F)c(F)c2)CC2C(C(=O)OCOC(=O)OC(C)C)C21. The Morgan fingerprint density at radius 3 is 1.92 bits per heavy atom. The molecular formula is C25H30F2O10S. The third-order valence-corrected chi connectivity index (χ3v) is 7.23. The fraction of sp³-hybridized carbons (Fsp3) is 0.600. The lowest BCUT2D eigenvalue weighted by Gasteiger charge is -2.22. The molecule has 0 amide bonds.